The molecular weight excluding hydrogens is 315 g/mol. The molecule has 23 heavy (non-hydrogen) atoms. The molecule has 2 atom stereocenters. The molecule has 1 aliphatic rings. The van der Waals surface area contributed by atoms with E-state index in [2.05, 4.69) is 0 Å². The number of benzene rings is 2. The molecule has 2 N–H and O–H groups in total. The van der Waals surface area contributed by atoms with Gasteiger partial charge in [0.2, 0.25) is 0 Å². The van der Waals surface area contributed by atoms with Crippen LogP contribution in [0.4, 0.5) is 4.39 Å². The van der Waals surface area contributed by atoms with E-state index in [1.807, 2.05) is 24.3 Å². The second-order valence-electron chi connectivity index (χ2n) is 5.93. The van der Waals surface area contributed by atoms with Crippen LogP contribution in [-0.2, 0) is 0 Å². The van der Waals surface area contributed by atoms with Crippen molar-refractivity contribution in [3.63, 3.8) is 0 Å². The molecule has 3 nitrogen and oxygen atoms in total. The number of hydrogen-bond acceptors (Lipinski definition) is 2. The summed E-state index contributed by atoms with van der Waals surface area (Å²) < 4.78 is 13.9. The number of carbonyl (C=O) groups excluding carboxylic acids is 1. The highest BCUT2D eigenvalue weighted by Crippen LogP contribution is 2.28. The molecule has 2 aromatic carbocycles. The first-order valence-electron chi connectivity index (χ1n) is 7.59. The molecule has 0 spiro atoms. The predicted octanol–water partition coefficient (Wildman–Crippen LogP) is 3.44. The lowest BCUT2D eigenvalue weighted by atomic mass is 9.88. The van der Waals surface area contributed by atoms with Crippen LogP contribution in [0.15, 0.2) is 48.5 Å². The SMILES string of the molecule is NC1CC(c2ccc(Cl)cc2)CN(C(=O)c2ccccc2F)C1. The van der Waals surface area contributed by atoms with Gasteiger partial charge in [-0.25, -0.2) is 4.39 Å². The lowest BCUT2D eigenvalue weighted by Gasteiger charge is -2.36. The highest BCUT2D eigenvalue weighted by molar-refractivity contribution is 6.30. The van der Waals surface area contributed by atoms with E-state index in [-0.39, 0.29) is 23.4 Å². The fourth-order valence-corrected chi connectivity index (χ4v) is 3.21. The largest absolute Gasteiger partial charge is 0.336 e. The zero-order valence-corrected chi connectivity index (χ0v) is 13.3. The Morgan fingerprint density at radius 3 is 2.52 bits per heavy atom. The van der Waals surface area contributed by atoms with Crippen molar-refractivity contribution in [2.75, 3.05) is 13.1 Å². The van der Waals surface area contributed by atoms with Crippen LogP contribution in [0.3, 0.4) is 0 Å². The number of likely N-dealkylation sites (tertiary alicyclic amines) is 1. The van der Waals surface area contributed by atoms with Gasteiger partial charge in [0.15, 0.2) is 0 Å². The van der Waals surface area contributed by atoms with E-state index < -0.39 is 5.82 Å². The monoisotopic (exact) mass is 332 g/mol. The van der Waals surface area contributed by atoms with Crippen LogP contribution in [0.1, 0.15) is 28.3 Å². The number of rotatable bonds is 2. The zero-order valence-electron chi connectivity index (χ0n) is 12.6. The van der Waals surface area contributed by atoms with E-state index in [4.69, 9.17) is 17.3 Å². The summed E-state index contributed by atoms with van der Waals surface area (Å²) in [6.07, 6.45) is 0.794. The van der Waals surface area contributed by atoms with Crippen LogP contribution in [0.2, 0.25) is 5.02 Å². The molecule has 0 radical (unpaired) electrons. The Morgan fingerprint density at radius 1 is 1.13 bits per heavy atom. The van der Waals surface area contributed by atoms with Gasteiger partial charge in [-0.15, -0.1) is 0 Å². The first-order valence-corrected chi connectivity index (χ1v) is 7.97. The Labute approximate surface area is 139 Å². The van der Waals surface area contributed by atoms with Crippen molar-refractivity contribution in [2.45, 2.75) is 18.4 Å². The van der Waals surface area contributed by atoms with Crippen molar-refractivity contribution in [3.05, 3.63) is 70.5 Å². The minimum atomic E-state index is -0.500. The third-order valence-electron chi connectivity index (χ3n) is 4.22. The summed E-state index contributed by atoms with van der Waals surface area (Å²) in [5, 5.41) is 0.674. The maximum Gasteiger partial charge on any atom is 0.256 e. The second kappa shape index (κ2) is 6.69. The standard InChI is InChI=1S/C18H18ClFN2O/c19-14-7-5-12(6-8-14)13-9-15(21)11-22(10-13)18(23)16-3-1-2-4-17(16)20/h1-8,13,15H,9-11,21H2. The third-order valence-corrected chi connectivity index (χ3v) is 4.47. The molecule has 0 saturated carbocycles. The van der Waals surface area contributed by atoms with Gasteiger partial charge >= 0.3 is 0 Å². The number of hydrogen-bond donors (Lipinski definition) is 1. The Kier molecular flexibility index (Phi) is 4.64. The van der Waals surface area contributed by atoms with Crippen LogP contribution >= 0.6 is 11.6 Å². The fraction of sp³-hybridized carbons (Fsp3) is 0.278. The maximum atomic E-state index is 13.9. The number of carbonyl (C=O) groups is 1. The Bertz CT molecular complexity index is 704. The summed E-state index contributed by atoms with van der Waals surface area (Å²) >= 11 is 5.92. The molecule has 0 bridgehead atoms. The van der Waals surface area contributed by atoms with Gasteiger partial charge in [-0.2, -0.15) is 0 Å². The van der Waals surface area contributed by atoms with E-state index in [0.29, 0.717) is 18.1 Å². The van der Waals surface area contributed by atoms with E-state index in [9.17, 15) is 9.18 Å². The molecule has 2 unspecified atom stereocenters. The van der Waals surface area contributed by atoms with Gasteiger partial charge in [-0.3, -0.25) is 4.79 Å². The van der Waals surface area contributed by atoms with Gasteiger partial charge < -0.3 is 10.6 Å². The van der Waals surface area contributed by atoms with Crippen LogP contribution in [-0.4, -0.2) is 29.9 Å². The van der Waals surface area contributed by atoms with E-state index in [1.54, 1.807) is 17.0 Å². The summed E-state index contributed by atoms with van der Waals surface area (Å²) in [4.78, 5) is 14.3. The third kappa shape index (κ3) is 3.54. The minimum Gasteiger partial charge on any atom is -0.336 e. The highest BCUT2D eigenvalue weighted by Gasteiger charge is 2.30. The van der Waals surface area contributed by atoms with Crippen LogP contribution in [0.5, 0.6) is 0 Å². The van der Waals surface area contributed by atoms with Crippen LogP contribution in [0.25, 0.3) is 0 Å². The van der Waals surface area contributed by atoms with E-state index in [0.717, 1.165) is 12.0 Å². The van der Waals surface area contributed by atoms with Crippen molar-refractivity contribution in [3.8, 4) is 0 Å². The summed E-state index contributed by atoms with van der Waals surface area (Å²) in [7, 11) is 0. The van der Waals surface area contributed by atoms with Gasteiger partial charge in [0, 0.05) is 30.1 Å². The highest BCUT2D eigenvalue weighted by atomic mass is 35.5. The average molecular weight is 333 g/mol. The molecule has 1 heterocycles. The van der Waals surface area contributed by atoms with Crippen molar-refractivity contribution in [1.29, 1.82) is 0 Å². The van der Waals surface area contributed by atoms with Crippen LogP contribution in [0, 0.1) is 5.82 Å². The van der Waals surface area contributed by atoms with Crippen molar-refractivity contribution in [1.82, 2.24) is 4.90 Å². The second-order valence-corrected chi connectivity index (χ2v) is 6.37. The molecule has 2 aromatic rings. The molecule has 5 heteroatoms. The van der Waals surface area contributed by atoms with Gasteiger partial charge in [0.25, 0.3) is 5.91 Å². The molecule has 0 aliphatic carbocycles. The maximum absolute atomic E-state index is 13.9. The summed E-state index contributed by atoms with van der Waals surface area (Å²) in [6, 6.07) is 13.5. The molecule has 1 fully saturated rings. The molecule has 1 saturated heterocycles. The quantitative estimate of drug-likeness (QED) is 0.915. The lowest BCUT2D eigenvalue weighted by Crippen LogP contribution is -2.48. The van der Waals surface area contributed by atoms with Crippen molar-refractivity contribution >= 4 is 17.5 Å². The number of nitrogens with zero attached hydrogens (tertiary/aromatic N) is 1. The summed E-state index contributed by atoms with van der Waals surface area (Å²) in [5.74, 6) is -0.677. The van der Waals surface area contributed by atoms with Gasteiger partial charge in [-0.1, -0.05) is 35.9 Å². The van der Waals surface area contributed by atoms with Gasteiger partial charge in [-0.05, 0) is 36.2 Å². The number of halogens is 2. The molecule has 3 rings (SSSR count). The molecule has 1 aliphatic heterocycles. The van der Waals surface area contributed by atoms with Crippen LogP contribution < -0.4 is 5.73 Å². The Balaban J connectivity index is 1.82. The normalized spacial score (nSPS) is 21.3. The first-order chi connectivity index (χ1) is 11.0. The molecular formula is C18H18ClFN2O. The van der Waals surface area contributed by atoms with E-state index >= 15 is 0 Å². The average Bonchev–Trinajstić information content (AvgIpc) is 2.55. The lowest BCUT2D eigenvalue weighted by molar-refractivity contribution is 0.0684. The minimum absolute atomic E-state index is 0.0939. The summed E-state index contributed by atoms with van der Waals surface area (Å²) in [6.45, 7) is 0.972. The van der Waals surface area contributed by atoms with E-state index in [1.165, 1.54) is 12.1 Å². The van der Waals surface area contributed by atoms with Gasteiger partial charge in [0.1, 0.15) is 5.82 Å². The van der Waals surface area contributed by atoms with Gasteiger partial charge in [0.05, 0.1) is 5.56 Å². The Hall–Kier alpha value is -1.91. The summed E-state index contributed by atoms with van der Waals surface area (Å²) in [5.41, 5.74) is 7.31. The number of nitrogens with two attached hydrogens (primary N) is 1. The van der Waals surface area contributed by atoms with Crippen molar-refractivity contribution in [2.24, 2.45) is 5.73 Å². The predicted molar refractivity (Wildman–Crippen MR) is 89.1 cm³/mol. The zero-order chi connectivity index (χ0) is 16.4. The molecule has 1 amide bonds. The number of amides is 1. The molecule has 120 valence electrons. The first kappa shape index (κ1) is 16.0. The smallest absolute Gasteiger partial charge is 0.256 e. The Morgan fingerprint density at radius 2 is 1.83 bits per heavy atom. The fourth-order valence-electron chi connectivity index (χ4n) is 3.09. The molecule has 0 aromatic heterocycles. The van der Waals surface area contributed by atoms with Crippen molar-refractivity contribution < 1.29 is 9.18 Å². The topological polar surface area (TPSA) is 46.3 Å². The number of piperidine rings is 1.